The Kier molecular flexibility index (Phi) is 36.5. The number of carboxylic acid groups (broad SMARTS) is 3. The smallest absolute Gasteiger partial charge is 0.545 e. The van der Waals surface area contributed by atoms with Crippen molar-refractivity contribution >= 4 is 17.9 Å². The van der Waals surface area contributed by atoms with Crippen LogP contribution in [-0.2, 0) is 33.9 Å². The number of rotatable bonds is 17. The second kappa shape index (κ2) is 30.7. The van der Waals surface area contributed by atoms with Gasteiger partial charge in [0.1, 0.15) is 0 Å². The molecule has 0 spiro atoms. The summed E-state index contributed by atoms with van der Waals surface area (Å²) < 4.78 is 0. The Balaban J connectivity index is -0.000000275. The average Bonchev–Trinajstić information content (AvgIpc) is 2.68. The molecule has 0 atom stereocenters. The van der Waals surface area contributed by atoms with Crippen molar-refractivity contribution in [2.45, 2.75) is 104 Å². The third-order valence-electron chi connectivity index (χ3n) is 4.26. The van der Waals surface area contributed by atoms with Crippen molar-refractivity contribution in [3.05, 3.63) is 25.3 Å². The van der Waals surface area contributed by atoms with Crippen LogP contribution in [0, 0.1) is 5.92 Å². The molecule has 0 aliphatic rings. The quantitative estimate of drug-likeness (QED) is 0.186. The van der Waals surface area contributed by atoms with E-state index in [0.29, 0.717) is 6.42 Å². The molecule has 0 aliphatic carbocycles. The third-order valence-corrected chi connectivity index (χ3v) is 4.26. The Labute approximate surface area is 202 Å². The van der Waals surface area contributed by atoms with Gasteiger partial charge < -0.3 is 24.9 Å². The molecule has 0 saturated heterocycles. The van der Waals surface area contributed by atoms with E-state index >= 15 is 0 Å². The molecule has 0 aromatic carbocycles. The molecular weight excluding hydrogens is 450 g/mol. The average molecular weight is 492 g/mol. The molecule has 6 nitrogen and oxygen atoms in total. The minimum Gasteiger partial charge on any atom is -0.545 e. The first-order valence-electron chi connectivity index (χ1n) is 11.1. The van der Waals surface area contributed by atoms with Crippen molar-refractivity contribution in [1.29, 1.82) is 0 Å². The Morgan fingerprint density at radius 1 is 0.710 bits per heavy atom. The molecule has 0 fully saturated rings. The zero-order chi connectivity index (χ0) is 23.6. The second-order valence-electron chi connectivity index (χ2n) is 7.62. The van der Waals surface area contributed by atoms with Crippen molar-refractivity contribution in [3.8, 4) is 0 Å². The molecule has 0 radical (unpaired) electrons. The van der Waals surface area contributed by atoms with Gasteiger partial charge in [-0.15, -0.1) is 0 Å². The molecule has 0 aromatic heterocycles. The minimum atomic E-state index is -1.23. The molecule has 0 unspecified atom stereocenters. The topological polar surface area (TPSA) is 118 Å². The van der Waals surface area contributed by atoms with E-state index < -0.39 is 17.9 Å². The number of hydrogen-bond donors (Lipinski definition) is 1. The fraction of sp³-hybridized carbons (Fsp3) is 0.708. The summed E-state index contributed by atoms with van der Waals surface area (Å²) in [5.41, 5.74) is 0. The van der Waals surface area contributed by atoms with Gasteiger partial charge in [0.25, 0.3) is 0 Å². The third kappa shape index (κ3) is 52.6. The van der Waals surface area contributed by atoms with Crippen LogP contribution in [0.25, 0.3) is 0 Å². The maximum Gasteiger partial charge on any atom is 2.00 e. The van der Waals surface area contributed by atoms with Crippen molar-refractivity contribution in [3.63, 3.8) is 0 Å². The van der Waals surface area contributed by atoms with Gasteiger partial charge in [-0.25, -0.2) is 0 Å². The van der Waals surface area contributed by atoms with Crippen LogP contribution in [0.1, 0.15) is 104 Å². The summed E-state index contributed by atoms with van der Waals surface area (Å²) in [6.07, 6.45) is 18.8. The molecule has 7 heteroatoms. The normalized spacial score (nSPS) is 9.26. The Bertz CT molecular complexity index is 431. The Hall–Kier alpha value is -1.49. The summed E-state index contributed by atoms with van der Waals surface area (Å²) in [5, 5.41) is 26.8. The van der Waals surface area contributed by atoms with Gasteiger partial charge in [0.05, 0.1) is 11.9 Å². The van der Waals surface area contributed by atoms with Crippen LogP contribution in [0.15, 0.2) is 25.3 Å². The van der Waals surface area contributed by atoms with E-state index in [0.717, 1.165) is 30.9 Å². The van der Waals surface area contributed by atoms with Crippen LogP contribution in [0.4, 0.5) is 0 Å². The van der Waals surface area contributed by atoms with Crippen LogP contribution >= 0.6 is 0 Å². The molecule has 0 amide bonds. The number of hydrogen-bond acceptors (Lipinski definition) is 5. The van der Waals surface area contributed by atoms with E-state index in [1.165, 1.54) is 70.6 Å². The maximum absolute atomic E-state index is 10.3. The number of aliphatic carboxylic acids is 3. The SMILES string of the molecule is C=CC(=O)[O-].C=CC(=O)[O-].CC(C)CCCCCCCCCCCCCCC(=O)O.[Zn+2]. The first-order chi connectivity index (χ1) is 14.2. The molecule has 0 heterocycles. The fourth-order valence-electron chi connectivity index (χ4n) is 2.60. The maximum atomic E-state index is 10.3. The van der Waals surface area contributed by atoms with Crippen molar-refractivity contribution in [2.24, 2.45) is 5.92 Å². The van der Waals surface area contributed by atoms with E-state index in [4.69, 9.17) is 24.9 Å². The summed E-state index contributed by atoms with van der Waals surface area (Å²) in [7, 11) is 0. The van der Waals surface area contributed by atoms with E-state index in [2.05, 4.69) is 27.0 Å². The Morgan fingerprint density at radius 2 is 0.968 bits per heavy atom. The summed E-state index contributed by atoms with van der Waals surface area (Å²) in [5.74, 6) is -2.25. The van der Waals surface area contributed by atoms with Gasteiger partial charge in [-0.2, -0.15) is 0 Å². The van der Waals surface area contributed by atoms with Gasteiger partial charge in [-0.1, -0.05) is 104 Å². The minimum absolute atomic E-state index is 0. The van der Waals surface area contributed by atoms with Gasteiger partial charge in [0, 0.05) is 6.42 Å². The van der Waals surface area contributed by atoms with Crippen LogP contribution in [0.5, 0.6) is 0 Å². The van der Waals surface area contributed by atoms with E-state index in [9.17, 15) is 4.79 Å². The van der Waals surface area contributed by atoms with E-state index in [1.807, 2.05) is 0 Å². The number of unbranched alkanes of at least 4 members (excludes halogenated alkanes) is 11. The van der Waals surface area contributed by atoms with E-state index in [1.54, 1.807) is 0 Å². The molecule has 0 aromatic rings. The van der Waals surface area contributed by atoms with Crippen molar-refractivity contribution < 1.29 is 49.2 Å². The predicted octanol–water partition coefficient (Wildman–Crippen LogP) is 4.03. The molecule has 31 heavy (non-hydrogen) atoms. The van der Waals surface area contributed by atoms with Crippen LogP contribution in [0.2, 0.25) is 0 Å². The summed E-state index contributed by atoms with van der Waals surface area (Å²) in [4.78, 5) is 28.6. The standard InChI is InChI=1S/C18H36O2.2C3H4O2.Zn/c1-17(2)15-13-11-9-7-5-3-4-6-8-10-12-14-16-18(19)20;2*1-2-3(4)5;/h17H,3-16H2,1-2H3,(H,19,20);2*2H,1H2,(H,4,5);/q;;;+2/p-2. The van der Waals surface area contributed by atoms with E-state index in [-0.39, 0.29) is 19.5 Å². The largest absolute Gasteiger partial charge is 2.00 e. The van der Waals surface area contributed by atoms with Crippen LogP contribution in [0.3, 0.4) is 0 Å². The van der Waals surface area contributed by atoms with Crippen molar-refractivity contribution in [2.75, 3.05) is 0 Å². The fourth-order valence-corrected chi connectivity index (χ4v) is 2.60. The molecule has 0 aliphatic heterocycles. The zero-order valence-electron chi connectivity index (χ0n) is 19.7. The molecule has 176 valence electrons. The Morgan fingerprint density at radius 3 is 1.19 bits per heavy atom. The van der Waals surface area contributed by atoms with Gasteiger partial charge >= 0.3 is 25.4 Å². The first-order valence-corrected chi connectivity index (χ1v) is 11.1. The number of carboxylic acids is 3. The summed E-state index contributed by atoms with van der Waals surface area (Å²) in [6, 6.07) is 0. The molecule has 1 N–H and O–H groups in total. The molecule has 0 bridgehead atoms. The number of carbonyl (C=O) groups is 3. The van der Waals surface area contributed by atoms with Gasteiger partial charge in [-0.3, -0.25) is 4.79 Å². The summed E-state index contributed by atoms with van der Waals surface area (Å²) >= 11 is 0. The zero-order valence-corrected chi connectivity index (χ0v) is 22.7. The van der Waals surface area contributed by atoms with Gasteiger partial charge in [0.15, 0.2) is 0 Å². The second-order valence-corrected chi connectivity index (χ2v) is 7.62. The monoisotopic (exact) mass is 490 g/mol. The van der Waals surface area contributed by atoms with Gasteiger partial charge in [-0.05, 0) is 24.5 Å². The predicted molar refractivity (Wildman–Crippen MR) is 118 cm³/mol. The van der Waals surface area contributed by atoms with Crippen LogP contribution in [-0.4, -0.2) is 23.0 Å². The summed E-state index contributed by atoms with van der Waals surface area (Å²) in [6.45, 7) is 10.4. The van der Waals surface area contributed by atoms with Crippen LogP contribution < -0.4 is 10.2 Å². The van der Waals surface area contributed by atoms with Gasteiger partial charge in [0.2, 0.25) is 0 Å². The molecular formula is C24H42O6Zn. The molecule has 0 saturated carbocycles. The van der Waals surface area contributed by atoms with Crippen molar-refractivity contribution in [1.82, 2.24) is 0 Å². The first kappa shape index (κ1) is 36.9. The molecule has 0 rings (SSSR count). The number of carbonyl (C=O) groups excluding carboxylic acids is 2.